The minimum atomic E-state index is -0.269. The molecule has 2 amide bonds. The fourth-order valence-electron chi connectivity index (χ4n) is 5.04. The summed E-state index contributed by atoms with van der Waals surface area (Å²) in [4.78, 5) is 33.8. The lowest BCUT2D eigenvalue weighted by Gasteiger charge is -2.36. The van der Waals surface area contributed by atoms with Gasteiger partial charge in [0.1, 0.15) is 0 Å². The predicted octanol–water partition coefficient (Wildman–Crippen LogP) is 2.48. The van der Waals surface area contributed by atoms with Gasteiger partial charge in [-0.3, -0.25) is 9.59 Å². The van der Waals surface area contributed by atoms with Crippen molar-refractivity contribution in [2.75, 3.05) is 60.5 Å². The molecule has 5 rings (SSSR count). The number of aromatic nitrogens is 2. The molecule has 1 unspecified atom stereocenters. The molecule has 8 heteroatoms. The van der Waals surface area contributed by atoms with Crippen molar-refractivity contribution in [3.8, 4) is 0 Å². The Labute approximate surface area is 195 Å². The number of hydrogen-bond acceptors (Lipinski definition) is 6. The molecule has 0 radical (unpaired) electrons. The van der Waals surface area contributed by atoms with E-state index in [1.807, 2.05) is 42.2 Å². The SMILES string of the molecule is Cc1ccc(N2CC(C(=O)N3CCN(c4ccc(N5CCCCC5)nn4)CC3)CC2=O)cc1. The maximum absolute atomic E-state index is 13.1. The molecule has 33 heavy (non-hydrogen) atoms. The Balaban J connectivity index is 1.15. The van der Waals surface area contributed by atoms with Crippen LogP contribution in [0.1, 0.15) is 31.2 Å². The highest BCUT2D eigenvalue weighted by Crippen LogP contribution is 2.27. The van der Waals surface area contributed by atoms with E-state index < -0.39 is 0 Å². The highest BCUT2D eigenvalue weighted by Gasteiger charge is 2.38. The lowest BCUT2D eigenvalue weighted by Crippen LogP contribution is -2.51. The first-order chi connectivity index (χ1) is 16.1. The van der Waals surface area contributed by atoms with Crippen LogP contribution in [-0.2, 0) is 9.59 Å². The molecule has 1 atom stereocenters. The van der Waals surface area contributed by atoms with Crippen LogP contribution in [0.15, 0.2) is 36.4 Å². The fraction of sp³-hybridized carbons (Fsp3) is 0.520. The monoisotopic (exact) mass is 448 g/mol. The van der Waals surface area contributed by atoms with E-state index in [-0.39, 0.29) is 24.2 Å². The summed E-state index contributed by atoms with van der Waals surface area (Å²) in [5.41, 5.74) is 2.03. The van der Waals surface area contributed by atoms with Crippen LogP contribution >= 0.6 is 0 Å². The summed E-state index contributed by atoms with van der Waals surface area (Å²) in [6.45, 7) is 7.34. The molecule has 1 aromatic heterocycles. The Morgan fingerprint density at radius 1 is 0.818 bits per heavy atom. The van der Waals surface area contributed by atoms with Gasteiger partial charge in [0.25, 0.3) is 0 Å². The number of amides is 2. The number of nitrogens with zero attached hydrogens (tertiary/aromatic N) is 6. The molecule has 3 fully saturated rings. The molecule has 8 nitrogen and oxygen atoms in total. The number of rotatable bonds is 4. The van der Waals surface area contributed by atoms with Gasteiger partial charge in [-0.2, -0.15) is 0 Å². The van der Waals surface area contributed by atoms with Gasteiger partial charge in [-0.05, 0) is 50.5 Å². The Morgan fingerprint density at radius 2 is 1.42 bits per heavy atom. The van der Waals surface area contributed by atoms with Crippen LogP contribution in [0, 0.1) is 12.8 Å². The van der Waals surface area contributed by atoms with E-state index in [4.69, 9.17) is 0 Å². The lowest BCUT2D eigenvalue weighted by molar-refractivity contribution is -0.136. The first-order valence-corrected chi connectivity index (χ1v) is 12.1. The van der Waals surface area contributed by atoms with Crippen LogP contribution < -0.4 is 14.7 Å². The molecule has 3 aliphatic rings. The number of piperidine rings is 1. The van der Waals surface area contributed by atoms with Gasteiger partial charge in [-0.1, -0.05) is 17.7 Å². The highest BCUT2D eigenvalue weighted by molar-refractivity contribution is 6.00. The highest BCUT2D eigenvalue weighted by atomic mass is 16.2. The first-order valence-electron chi connectivity index (χ1n) is 12.1. The van der Waals surface area contributed by atoms with Crippen molar-refractivity contribution in [1.82, 2.24) is 15.1 Å². The minimum absolute atomic E-state index is 0.0277. The Morgan fingerprint density at radius 3 is 2.03 bits per heavy atom. The standard InChI is InChI=1S/C25H32N6O2/c1-19-5-7-21(8-6-19)31-18-20(17-24(31)32)25(33)30-15-13-29(14-16-30)23-10-9-22(26-27-23)28-11-3-2-4-12-28/h5-10,20H,2-4,11-18H2,1H3. The molecule has 0 saturated carbocycles. The average molecular weight is 449 g/mol. The second-order valence-electron chi connectivity index (χ2n) is 9.35. The van der Waals surface area contributed by atoms with Crippen molar-refractivity contribution < 1.29 is 9.59 Å². The maximum Gasteiger partial charge on any atom is 0.228 e. The van der Waals surface area contributed by atoms with Crippen LogP contribution in [0.2, 0.25) is 0 Å². The summed E-state index contributed by atoms with van der Waals surface area (Å²) in [5.74, 6) is 1.67. The van der Waals surface area contributed by atoms with Crippen molar-refractivity contribution >= 4 is 29.1 Å². The van der Waals surface area contributed by atoms with Crippen molar-refractivity contribution in [3.63, 3.8) is 0 Å². The van der Waals surface area contributed by atoms with E-state index in [1.54, 1.807) is 4.90 Å². The zero-order chi connectivity index (χ0) is 22.8. The third-order valence-corrected chi connectivity index (χ3v) is 7.05. The van der Waals surface area contributed by atoms with E-state index in [0.717, 1.165) is 49.1 Å². The largest absolute Gasteiger partial charge is 0.355 e. The van der Waals surface area contributed by atoms with E-state index >= 15 is 0 Å². The molecule has 3 saturated heterocycles. The third-order valence-electron chi connectivity index (χ3n) is 7.05. The molecule has 0 N–H and O–H groups in total. The van der Waals surface area contributed by atoms with Crippen LogP contribution in [-0.4, -0.2) is 72.7 Å². The number of aryl methyl sites for hydroxylation is 1. The first kappa shape index (κ1) is 21.7. The summed E-state index contributed by atoms with van der Waals surface area (Å²) in [5, 5.41) is 8.92. The smallest absolute Gasteiger partial charge is 0.228 e. The average Bonchev–Trinajstić information content (AvgIpc) is 3.26. The Bertz CT molecular complexity index is 979. The molecule has 0 aliphatic carbocycles. The van der Waals surface area contributed by atoms with Gasteiger partial charge in [0.15, 0.2) is 11.6 Å². The molecule has 3 aliphatic heterocycles. The minimum Gasteiger partial charge on any atom is -0.355 e. The van der Waals surface area contributed by atoms with Crippen LogP contribution in [0.4, 0.5) is 17.3 Å². The van der Waals surface area contributed by atoms with Crippen molar-refractivity contribution in [3.05, 3.63) is 42.0 Å². The summed E-state index contributed by atoms with van der Waals surface area (Å²) in [6, 6.07) is 12.0. The van der Waals surface area contributed by atoms with Gasteiger partial charge in [0.05, 0.1) is 5.92 Å². The zero-order valence-electron chi connectivity index (χ0n) is 19.3. The number of carbonyl (C=O) groups is 2. The van der Waals surface area contributed by atoms with E-state index in [9.17, 15) is 9.59 Å². The second kappa shape index (κ2) is 9.37. The number of benzene rings is 1. The molecule has 0 bridgehead atoms. The fourth-order valence-corrected chi connectivity index (χ4v) is 5.04. The van der Waals surface area contributed by atoms with Gasteiger partial charge in [0, 0.05) is 57.9 Å². The Kier molecular flexibility index (Phi) is 6.15. The summed E-state index contributed by atoms with van der Waals surface area (Å²) < 4.78 is 0. The lowest BCUT2D eigenvalue weighted by atomic mass is 10.1. The molecular formula is C25H32N6O2. The quantitative estimate of drug-likeness (QED) is 0.716. The van der Waals surface area contributed by atoms with Crippen molar-refractivity contribution in [1.29, 1.82) is 0 Å². The van der Waals surface area contributed by atoms with Crippen LogP contribution in [0.3, 0.4) is 0 Å². The normalized spacial score (nSPS) is 21.6. The van der Waals surface area contributed by atoms with Gasteiger partial charge in [-0.15, -0.1) is 10.2 Å². The molecule has 1 aromatic carbocycles. The third kappa shape index (κ3) is 4.65. The van der Waals surface area contributed by atoms with Gasteiger partial charge in [0.2, 0.25) is 11.8 Å². The topological polar surface area (TPSA) is 72.9 Å². The molecular weight excluding hydrogens is 416 g/mol. The molecule has 4 heterocycles. The van der Waals surface area contributed by atoms with Crippen LogP contribution in [0.25, 0.3) is 0 Å². The summed E-state index contributed by atoms with van der Waals surface area (Å²) in [6.07, 6.45) is 4.02. The summed E-state index contributed by atoms with van der Waals surface area (Å²) >= 11 is 0. The van der Waals surface area contributed by atoms with E-state index in [2.05, 4.69) is 26.1 Å². The van der Waals surface area contributed by atoms with Crippen LogP contribution in [0.5, 0.6) is 0 Å². The summed E-state index contributed by atoms with van der Waals surface area (Å²) in [7, 11) is 0. The van der Waals surface area contributed by atoms with E-state index in [1.165, 1.54) is 19.3 Å². The van der Waals surface area contributed by atoms with Gasteiger partial charge >= 0.3 is 0 Å². The molecule has 174 valence electrons. The maximum atomic E-state index is 13.1. The van der Waals surface area contributed by atoms with Gasteiger partial charge < -0.3 is 19.6 Å². The Hall–Kier alpha value is -3.16. The predicted molar refractivity (Wildman–Crippen MR) is 129 cm³/mol. The molecule has 0 spiro atoms. The number of hydrogen-bond donors (Lipinski definition) is 0. The number of carbonyl (C=O) groups excluding carboxylic acids is 2. The second-order valence-corrected chi connectivity index (χ2v) is 9.35. The number of piperazine rings is 1. The zero-order valence-corrected chi connectivity index (χ0v) is 19.3. The van der Waals surface area contributed by atoms with E-state index in [0.29, 0.717) is 19.6 Å². The van der Waals surface area contributed by atoms with Crippen molar-refractivity contribution in [2.24, 2.45) is 5.92 Å². The van der Waals surface area contributed by atoms with Gasteiger partial charge in [-0.25, -0.2) is 0 Å². The van der Waals surface area contributed by atoms with Crippen molar-refractivity contribution in [2.45, 2.75) is 32.6 Å². The molecule has 2 aromatic rings. The number of anilines is 3.